The lowest BCUT2D eigenvalue weighted by Gasteiger charge is -2.24. The van der Waals surface area contributed by atoms with Gasteiger partial charge in [-0.2, -0.15) is 0 Å². The summed E-state index contributed by atoms with van der Waals surface area (Å²) < 4.78 is 5.93. The van der Waals surface area contributed by atoms with E-state index < -0.39 is 18.2 Å². The van der Waals surface area contributed by atoms with Crippen molar-refractivity contribution in [1.29, 1.82) is 0 Å². The van der Waals surface area contributed by atoms with E-state index in [2.05, 4.69) is 26.1 Å². The van der Waals surface area contributed by atoms with Crippen molar-refractivity contribution in [2.45, 2.75) is 322 Å². The maximum atomic E-state index is 13.2. The van der Waals surface area contributed by atoms with Crippen molar-refractivity contribution in [3.05, 3.63) is 0 Å². The third-order valence-corrected chi connectivity index (χ3v) is 12.7. The van der Waals surface area contributed by atoms with Crippen molar-refractivity contribution in [1.82, 2.24) is 5.32 Å². The average Bonchev–Trinajstić information content (AvgIpc) is 3.23. The van der Waals surface area contributed by atoms with Crippen LogP contribution < -0.4 is 5.32 Å². The van der Waals surface area contributed by atoms with Crippen molar-refractivity contribution in [3.8, 4) is 0 Å². The van der Waals surface area contributed by atoms with E-state index in [1.807, 2.05) is 0 Å². The third-order valence-electron chi connectivity index (χ3n) is 12.7. The predicted molar refractivity (Wildman–Crippen MR) is 255 cm³/mol. The normalized spacial score (nSPS) is 13.1. The molecule has 0 aromatic carbocycles. The number of unbranched alkanes of at least 4 members (excludes halogenated alkanes) is 37. The zero-order valence-electron chi connectivity index (χ0n) is 40.2. The van der Waals surface area contributed by atoms with Gasteiger partial charge in [0.1, 0.15) is 6.10 Å². The standard InChI is InChI=1S/C53H105NO5/c1-4-7-10-13-16-19-22-24-26-28-30-33-36-39-42-45-51(56)50(48-55)54-52(57)47-49(44-41-38-35-32-21-18-15-12-9-6-3)59-53(58)46-43-40-37-34-31-29-27-25-23-20-17-14-11-8-5-2/h49-51,55-56H,4-48H2,1-3H3,(H,54,57). The number of amides is 1. The summed E-state index contributed by atoms with van der Waals surface area (Å²) in [4.78, 5) is 26.1. The Kier molecular flexibility index (Phi) is 47.0. The quantitative estimate of drug-likeness (QED) is 0.0419. The second-order valence-electron chi connectivity index (χ2n) is 18.6. The molecule has 6 heteroatoms. The zero-order valence-corrected chi connectivity index (χ0v) is 40.2. The first kappa shape index (κ1) is 57.9. The fourth-order valence-corrected chi connectivity index (χ4v) is 8.61. The van der Waals surface area contributed by atoms with Gasteiger partial charge >= 0.3 is 5.97 Å². The fourth-order valence-electron chi connectivity index (χ4n) is 8.61. The van der Waals surface area contributed by atoms with E-state index in [-0.39, 0.29) is 24.9 Å². The van der Waals surface area contributed by atoms with Crippen molar-refractivity contribution in [2.75, 3.05) is 6.61 Å². The molecule has 3 unspecified atom stereocenters. The van der Waals surface area contributed by atoms with Gasteiger partial charge in [0.25, 0.3) is 0 Å². The van der Waals surface area contributed by atoms with Crippen LogP contribution in [0.15, 0.2) is 0 Å². The number of ether oxygens (including phenoxy) is 1. The molecule has 0 aromatic heterocycles. The van der Waals surface area contributed by atoms with Gasteiger partial charge in [0.15, 0.2) is 0 Å². The third kappa shape index (κ3) is 43.3. The average molecular weight is 836 g/mol. The number of carbonyl (C=O) groups is 2. The van der Waals surface area contributed by atoms with Crippen molar-refractivity contribution >= 4 is 11.9 Å². The summed E-state index contributed by atoms with van der Waals surface area (Å²) >= 11 is 0. The summed E-state index contributed by atoms with van der Waals surface area (Å²) in [5, 5.41) is 23.8. The Morgan fingerprint density at radius 2 is 0.712 bits per heavy atom. The van der Waals surface area contributed by atoms with Gasteiger partial charge in [-0.25, -0.2) is 0 Å². The number of rotatable bonds is 49. The number of hydrogen-bond acceptors (Lipinski definition) is 5. The molecule has 0 fully saturated rings. The number of aliphatic hydroxyl groups excluding tert-OH is 2. The number of hydrogen-bond donors (Lipinski definition) is 3. The van der Waals surface area contributed by atoms with Crippen molar-refractivity contribution in [2.24, 2.45) is 0 Å². The molecule has 59 heavy (non-hydrogen) atoms. The molecule has 352 valence electrons. The largest absolute Gasteiger partial charge is 0.462 e. The summed E-state index contributed by atoms with van der Waals surface area (Å²) in [6.45, 7) is 6.51. The first-order valence-electron chi connectivity index (χ1n) is 26.8. The lowest BCUT2D eigenvalue weighted by molar-refractivity contribution is -0.151. The monoisotopic (exact) mass is 836 g/mol. The van der Waals surface area contributed by atoms with Crippen molar-refractivity contribution in [3.63, 3.8) is 0 Å². The van der Waals surface area contributed by atoms with E-state index in [1.54, 1.807) is 0 Å². The molecule has 0 bridgehead atoms. The van der Waals surface area contributed by atoms with Gasteiger partial charge in [0, 0.05) is 6.42 Å². The molecular weight excluding hydrogens is 731 g/mol. The van der Waals surface area contributed by atoms with Gasteiger partial charge in [0.2, 0.25) is 5.91 Å². The molecule has 0 aliphatic rings. The molecule has 0 saturated carbocycles. The van der Waals surface area contributed by atoms with Crippen LogP contribution in [-0.2, 0) is 14.3 Å². The molecule has 0 heterocycles. The van der Waals surface area contributed by atoms with E-state index in [0.29, 0.717) is 19.3 Å². The number of carbonyl (C=O) groups excluding carboxylic acids is 2. The van der Waals surface area contributed by atoms with Crippen LogP contribution in [0, 0.1) is 0 Å². The van der Waals surface area contributed by atoms with Gasteiger partial charge in [-0.15, -0.1) is 0 Å². The summed E-state index contributed by atoms with van der Waals surface area (Å²) in [7, 11) is 0. The van der Waals surface area contributed by atoms with Crippen LogP contribution in [0.5, 0.6) is 0 Å². The second kappa shape index (κ2) is 47.9. The van der Waals surface area contributed by atoms with E-state index in [9.17, 15) is 19.8 Å². The predicted octanol–water partition coefficient (Wildman–Crippen LogP) is 16.0. The summed E-state index contributed by atoms with van der Waals surface area (Å²) in [5.41, 5.74) is 0. The van der Waals surface area contributed by atoms with Crippen LogP contribution in [0.3, 0.4) is 0 Å². The molecule has 0 aliphatic carbocycles. The van der Waals surface area contributed by atoms with Crippen LogP contribution in [0.2, 0.25) is 0 Å². The van der Waals surface area contributed by atoms with Crippen LogP contribution in [0.1, 0.15) is 303 Å². The Labute approximate surface area is 368 Å². The highest BCUT2D eigenvalue weighted by atomic mass is 16.5. The van der Waals surface area contributed by atoms with Crippen LogP contribution in [-0.4, -0.2) is 46.9 Å². The Balaban J connectivity index is 4.42. The molecule has 0 aromatic rings. The van der Waals surface area contributed by atoms with E-state index in [1.165, 1.54) is 218 Å². The topological polar surface area (TPSA) is 95.9 Å². The van der Waals surface area contributed by atoms with Gasteiger partial charge in [-0.1, -0.05) is 265 Å². The van der Waals surface area contributed by atoms with Crippen LogP contribution in [0.25, 0.3) is 0 Å². The summed E-state index contributed by atoms with van der Waals surface area (Å²) in [5.74, 6) is -0.451. The molecule has 1 amide bonds. The summed E-state index contributed by atoms with van der Waals surface area (Å²) in [6, 6.07) is -0.692. The smallest absolute Gasteiger partial charge is 0.306 e. The molecule has 0 spiro atoms. The Morgan fingerprint density at radius 1 is 0.424 bits per heavy atom. The highest BCUT2D eigenvalue weighted by Gasteiger charge is 2.24. The summed E-state index contributed by atoms with van der Waals surface area (Å²) in [6.07, 6.45) is 51.6. The van der Waals surface area contributed by atoms with Crippen LogP contribution in [0.4, 0.5) is 0 Å². The van der Waals surface area contributed by atoms with Gasteiger partial charge in [-0.3, -0.25) is 9.59 Å². The molecule has 0 saturated heterocycles. The second-order valence-corrected chi connectivity index (χ2v) is 18.6. The molecule has 0 aliphatic heterocycles. The molecule has 0 rings (SSSR count). The maximum Gasteiger partial charge on any atom is 0.306 e. The van der Waals surface area contributed by atoms with Crippen molar-refractivity contribution < 1.29 is 24.5 Å². The Bertz CT molecular complexity index is 852. The Hall–Kier alpha value is -1.14. The number of nitrogens with one attached hydrogen (secondary N) is 1. The zero-order chi connectivity index (χ0) is 43.1. The fraction of sp³-hybridized carbons (Fsp3) is 0.962. The van der Waals surface area contributed by atoms with E-state index >= 15 is 0 Å². The van der Waals surface area contributed by atoms with E-state index in [0.717, 1.165) is 38.5 Å². The molecule has 3 atom stereocenters. The first-order chi connectivity index (χ1) is 29.0. The minimum atomic E-state index is -0.779. The highest BCUT2D eigenvalue weighted by molar-refractivity contribution is 5.77. The first-order valence-corrected chi connectivity index (χ1v) is 26.8. The molecule has 6 nitrogen and oxygen atoms in total. The number of esters is 1. The SMILES string of the molecule is CCCCCCCCCCCCCCCCCC(=O)OC(CCCCCCCCCCCC)CC(=O)NC(CO)C(O)CCCCCCCCCCCCCCCCC. The van der Waals surface area contributed by atoms with Gasteiger partial charge < -0.3 is 20.3 Å². The van der Waals surface area contributed by atoms with Crippen LogP contribution >= 0.6 is 0 Å². The molecule has 0 radical (unpaired) electrons. The highest BCUT2D eigenvalue weighted by Crippen LogP contribution is 2.19. The van der Waals surface area contributed by atoms with E-state index in [4.69, 9.17) is 4.74 Å². The minimum absolute atomic E-state index is 0.0875. The lowest BCUT2D eigenvalue weighted by atomic mass is 10.0. The minimum Gasteiger partial charge on any atom is -0.462 e. The maximum absolute atomic E-state index is 13.2. The molecular formula is C53H105NO5. The lowest BCUT2D eigenvalue weighted by Crippen LogP contribution is -2.46. The van der Waals surface area contributed by atoms with Gasteiger partial charge in [-0.05, 0) is 25.7 Å². The Morgan fingerprint density at radius 3 is 1.03 bits per heavy atom. The number of aliphatic hydroxyl groups is 2. The van der Waals surface area contributed by atoms with Gasteiger partial charge in [0.05, 0.1) is 25.2 Å². The molecule has 3 N–H and O–H groups in total.